The van der Waals surface area contributed by atoms with Crippen molar-refractivity contribution in [2.45, 2.75) is 18.8 Å². The van der Waals surface area contributed by atoms with Crippen LogP contribution < -0.4 is 10.5 Å². The number of carbonyl (C=O) groups excluding carboxylic acids is 1. The zero-order chi connectivity index (χ0) is 25.7. The number of carbonyl (C=O) groups is 2. The molecule has 1 saturated heterocycles. The van der Waals surface area contributed by atoms with Crippen LogP contribution in [0.4, 0.5) is 4.79 Å². The van der Waals surface area contributed by atoms with Crippen LogP contribution in [0.15, 0.2) is 61.1 Å². The Balaban J connectivity index is 0.000000967. The van der Waals surface area contributed by atoms with Gasteiger partial charge >= 0.3 is 6.03 Å². The van der Waals surface area contributed by atoms with Gasteiger partial charge in [0.25, 0.3) is 6.47 Å². The zero-order valence-corrected chi connectivity index (χ0v) is 20.4. The number of fused-ring (bicyclic) bond motifs is 1. The molecule has 0 spiro atoms. The number of likely N-dealkylation sites (tertiary alicyclic amines) is 1. The lowest BCUT2D eigenvalue weighted by molar-refractivity contribution is -0.122. The highest BCUT2D eigenvalue weighted by atomic mass is 35.5. The van der Waals surface area contributed by atoms with Crippen LogP contribution in [0.1, 0.15) is 24.3 Å². The fraction of sp³-hybridized carbons (Fsp3) is 0.231. The number of halogens is 1. The van der Waals surface area contributed by atoms with Crippen LogP contribution in [0.25, 0.3) is 27.8 Å². The van der Waals surface area contributed by atoms with Crippen molar-refractivity contribution in [3.63, 3.8) is 0 Å². The second-order valence-electron chi connectivity index (χ2n) is 8.26. The Kier molecular flexibility index (Phi) is 7.70. The van der Waals surface area contributed by atoms with Crippen LogP contribution in [0.3, 0.4) is 0 Å². The molecule has 3 aromatic heterocycles. The van der Waals surface area contributed by atoms with Crippen molar-refractivity contribution in [1.82, 2.24) is 19.4 Å². The minimum absolute atomic E-state index is 0.250. The van der Waals surface area contributed by atoms with Gasteiger partial charge in [-0.1, -0.05) is 11.6 Å². The predicted molar refractivity (Wildman–Crippen MR) is 138 cm³/mol. The summed E-state index contributed by atoms with van der Waals surface area (Å²) in [5, 5.41) is 8.71. The highest BCUT2D eigenvalue weighted by molar-refractivity contribution is 6.30. The van der Waals surface area contributed by atoms with Gasteiger partial charge in [-0.3, -0.25) is 9.78 Å². The van der Waals surface area contributed by atoms with E-state index in [1.807, 2.05) is 48.8 Å². The third-order valence-electron chi connectivity index (χ3n) is 6.33. The largest absolute Gasteiger partial charge is 0.483 e. The quantitative estimate of drug-likeness (QED) is 0.385. The van der Waals surface area contributed by atoms with Crippen molar-refractivity contribution in [3.8, 4) is 22.8 Å². The molecule has 0 bridgehead atoms. The van der Waals surface area contributed by atoms with E-state index < -0.39 is 0 Å². The number of pyridine rings is 2. The zero-order valence-electron chi connectivity index (χ0n) is 19.7. The van der Waals surface area contributed by atoms with E-state index in [9.17, 15) is 4.79 Å². The van der Waals surface area contributed by atoms with Crippen molar-refractivity contribution in [1.29, 1.82) is 0 Å². The molecule has 4 aromatic rings. The van der Waals surface area contributed by atoms with Gasteiger partial charge in [0.2, 0.25) is 5.88 Å². The molecule has 36 heavy (non-hydrogen) atoms. The number of nitrogens with zero attached hydrogens (tertiary/aromatic N) is 4. The molecule has 0 aliphatic carbocycles. The smallest absolute Gasteiger partial charge is 0.314 e. The molecular formula is C26H26ClN5O4. The Morgan fingerprint density at radius 3 is 2.50 bits per heavy atom. The average molecular weight is 508 g/mol. The predicted octanol–water partition coefficient (Wildman–Crippen LogP) is 4.71. The second kappa shape index (κ2) is 11.1. The van der Waals surface area contributed by atoms with Crippen LogP contribution in [0.2, 0.25) is 5.02 Å². The number of benzene rings is 1. The van der Waals surface area contributed by atoms with E-state index in [4.69, 9.17) is 32.0 Å². The maximum absolute atomic E-state index is 11.7. The summed E-state index contributed by atoms with van der Waals surface area (Å²) in [7, 11) is 1.62. The molecule has 5 rings (SSSR count). The van der Waals surface area contributed by atoms with Gasteiger partial charge in [0, 0.05) is 53.2 Å². The van der Waals surface area contributed by atoms with E-state index in [1.165, 1.54) is 5.56 Å². The van der Waals surface area contributed by atoms with Crippen LogP contribution in [-0.2, 0) is 4.79 Å². The third-order valence-corrected chi connectivity index (χ3v) is 6.58. The van der Waals surface area contributed by atoms with Gasteiger partial charge in [0.15, 0.2) is 0 Å². The number of aromatic nitrogens is 3. The first-order valence-corrected chi connectivity index (χ1v) is 11.7. The number of piperidine rings is 1. The monoisotopic (exact) mass is 507 g/mol. The fourth-order valence-electron chi connectivity index (χ4n) is 4.77. The molecule has 1 aliphatic rings. The molecule has 0 atom stereocenters. The van der Waals surface area contributed by atoms with Gasteiger partial charge in [-0.15, -0.1) is 0 Å². The molecule has 186 valence electrons. The number of amides is 2. The number of carboxylic acid groups (broad SMARTS) is 1. The van der Waals surface area contributed by atoms with Gasteiger partial charge in [-0.25, -0.2) is 9.78 Å². The Morgan fingerprint density at radius 1 is 1.17 bits per heavy atom. The van der Waals surface area contributed by atoms with Gasteiger partial charge in [0.05, 0.1) is 24.5 Å². The highest BCUT2D eigenvalue weighted by Gasteiger charge is 2.30. The second-order valence-corrected chi connectivity index (χ2v) is 8.70. The lowest BCUT2D eigenvalue weighted by Crippen LogP contribution is -2.41. The molecule has 1 aliphatic heterocycles. The van der Waals surface area contributed by atoms with Crippen molar-refractivity contribution in [3.05, 3.63) is 71.6 Å². The van der Waals surface area contributed by atoms with E-state index >= 15 is 0 Å². The number of hydrogen-bond donors (Lipinski definition) is 2. The maximum atomic E-state index is 11.7. The SMILES string of the molecule is COc1cc(-c2c(C3CCN(C(N)=O)CC3)c3ccncc3n2-c2ccc(Cl)cc2)ccn1.O=CO. The first kappa shape index (κ1) is 25.0. The summed E-state index contributed by atoms with van der Waals surface area (Å²) >= 11 is 6.19. The number of primary amides is 1. The minimum Gasteiger partial charge on any atom is -0.483 e. The number of nitrogens with two attached hydrogens (primary N) is 1. The van der Waals surface area contributed by atoms with Crippen molar-refractivity contribution in [2.75, 3.05) is 20.2 Å². The summed E-state index contributed by atoms with van der Waals surface area (Å²) in [6.07, 6.45) is 7.15. The van der Waals surface area contributed by atoms with E-state index in [1.54, 1.807) is 18.2 Å². The number of urea groups is 1. The molecule has 3 N–H and O–H groups in total. The minimum atomic E-state index is -0.361. The fourth-order valence-corrected chi connectivity index (χ4v) is 4.90. The molecule has 0 radical (unpaired) electrons. The lowest BCUT2D eigenvalue weighted by Gasteiger charge is -2.31. The number of rotatable bonds is 4. The van der Waals surface area contributed by atoms with E-state index in [0.29, 0.717) is 24.0 Å². The molecule has 9 nitrogen and oxygen atoms in total. The van der Waals surface area contributed by atoms with Gasteiger partial charge < -0.3 is 25.0 Å². The average Bonchev–Trinajstić information content (AvgIpc) is 3.25. The summed E-state index contributed by atoms with van der Waals surface area (Å²) in [5.41, 5.74) is 10.8. The van der Waals surface area contributed by atoms with Crippen LogP contribution in [0.5, 0.6) is 5.88 Å². The Morgan fingerprint density at radius 2 is 1.86 bits per heavy atom. The molecule has 10 heteroatoms. The summed E-state index contributed by atoms with van der Waals surface area (Å²) < 4.78 is 7.65. The van der Waals surface area contributed by atoms with Crippen molar-refractivity contribution < 1.29 is 19.4 Å². The van der Waals surface area contributed by atoms with Gasteiger partial charge in [-0.05, 0) is 60.7 Å². The standard InChI is InChI=1S/C25H24ClN5O2.CH2O2/c1-33-22-14-17(6-11-29-22)24-23(16-8-12-30(13-9-16)25(27)32)20-7-10-28-15-21(20)31(24)19-4-2-18(26)3-5-19;2-1-3/h2-7,10-11,14-16H,8-9,12-13H2,1H3,(H2,27,32);1H,(H,2,3). The number of ether oxygens (including phenoxy) is 1. The first-order chi connectivity index (χ1) is 17.5. The van der Waals surface area contributed by atoms with Crippen molar-refractivity contribution >= 4 is 35.0 Å². The molecule has 0 unspecified atom stereocenters. The van der Waals surface area contributed by atoms with Crippen LogP contribution in [0, 0.1) is 0 Å². The lowest BCUT2D eigenvalue weighted by atomic mass is 9.86. The summed E-state index contributed by atoms with van der Waals surface area (Å²) in [4.78, 5) is 30.5. The number of hydrogen-bond acceptors (Lipinski definition) is 5. The van der Waals surface area contributed by atoms with E-state index in [0.717, 1.165) is 40.7 Å². The van der Waals surface area contributed by atoms with Crippen LogP contribution in [-0.4, -0.2) is 57.2 Å². The van der Waals surface area contributed by atoms with Crippen molar-refractivity contribution in [2.24, 2.45) is 5.73 Å². The topological polar surface area (TPSA) is 124 Å². The Hall–Kier alpha value is -4.11. The Labute approximate surface area is 213 Å². The summed E-state index contributed by atoms with van der Waals surface area (Å²) in [6, 6.07) is 13.5. The number of methoxy groups -OCH3 is 1. The maximum Gasteiger partial charge on any atom is 0.314 e. The summed E-state index contributed by atoms with van der Waals surface area (Å²) in [5.74, 6) is 0.807. The van der Waals surface area contributed by atoms with E-state index in [-0.39, 0.29) is 18.4 Å². The molecule has 0 saturated carbocycles. The molecule has 2 amide bonds. The summed E-state index contributed by atoms with van der Waals surface area (Å²) in [6.45, 7) is 1.02. The molecule has 1 fully saturated rings. The van der Waals surface area contributed by atoms with Crippen LogP contribution >= 0.6 is 11.6 Å². The molecular weight excluding hydrogens is 482 g/mol. The molecule has 1 aromatic carbocycles. The Bertz CT molecular complexity index is 1360. The highest BCUT2D eigenvalue weighted by Crippen LogP contribution is 2.44. The van der Waals surface area contributed by atoms with Gasteiger partial charge in [0.1, 0.15) is 0 Å². The van der Waals surface area contributed by atoms with E-state index in [2.05, 4.69) is 20.6 Å². The van der Waals surface area contributed by atoms with Gasteiger partial charge in [-0.2, -0.15) is 0 Å². The third kappa shape index (κ3) is 4.96. The molecule has 4 heterocycles. The first-order valence-electron chi connectivity index (χ1n) is 11.3. The normalized spacial score (nSPS) is 13.7.